The van der Waals surface area contributed by atoms with Gasteiger partial charge in [-0.05, 0) is 37.5 Å². The van der Waals surface area contributed by atoms with Gasteiger partial charge in [0.15, 0.2) is 5.96 Å². The second-order valence-corrected chi connectivity index (χ2v) is 5.22. The minimum absolute atomic E-state index is 0.00700. The summed E-state index contributed by atoms with van der Waals surface area (Å²) in [5.41, 5.74) is 0.434. The zero-order valence-electron chi connectivity index (χ0n) is 12.3. The standard InChI is InChI=1S/C15H21FN4O/c1-3-17-15(20-13-7-10(13)2)18-9-14(21)19-12-6-4-5-11(16)8-12/h4-6,8,10,13H,3,7,9H2,1-2H3,(H,19,21)(H2,17,18,20). The van der Waals surface area contributed by atoms with Gasteiger partial charge in [0.05, 0.1) is 0 Å². The molecular weight excluding hydrogens is 271 g/mol. The summed E-state index contributed by atoms with van der Waals surface area (Å²) in [6.07, 6.45) is 1.12. The van der Waals surface area contributed by atoms with Gasteiger partial charge in [-0.15, -0.1) is 0 Å². The van der Waals surface area contributed by atoms with Crippen LogP contribution in [-0.4, -0.2) is 31.0 Å². The fourth-order valence-electron chi connectivity index (χ4n) is 1.94. The van der Waals surface area contributed by atoms with E-state index < -0.39 is 0 Å². The van der Waals surface area contributed by atoms with E-state index in [0.29, 0.717) is 23.6 Å². The number of halogens is 1. The van der Waals surface area contributed by atoms with Crippen LogP contribution in [-0.2, 0) is 4.79 Å². The molecule has 1 amide bonds. The van der Waals surface area contributed by atoms with Crippen LogP contribution in [0.5, 0.6) is 0 Å². The molecule has 0 saturated heterocycles. The third-order valence-corrected chi connectivity index (χ3v) is 3.26. The van der Waals surface area contributed by atoms with Crippen LogP contribution in [0.15, 0.2) is 29.3 Å². The zero-order valence-corrected chi connectivity index (χ0v) is 12.3. The van der Waals surface area contributed by atoms with E-state index >= 15 is 0 Å². The predicted molar refractivity (Wildman–Crippen MR) is 81.7 cm³/mol. The van der Waals surface area contributed by atoms with Crippen molar-refractivity contribution in [3.05, 3.63) is 30.1 Å². The molecule has 0 radical (unpaired) electrons. The van der Waals surface area contributed by atoms with Crippen LogP contribution in [0.1, 0.15) is 20.3 Å². The van der Waals surface area contributed by atoms with E-state index in [1.54, 1.807) is 12.1 Å². The molecule has 1 aromatic rings. The maximum Gasteiger partial charge on any atom is 0.246 e. The Bertz CT molecular complexity index is 532. The summed E-state index contributed by atoms with van der Waals surface area (Å²) < 4.78 is 13.0. The number of guanidine groups is 1. The molecule has 114 valence electrons. The quantitative estimate of drug-likeness (QED) is 0.572. The highest BCUT2D eigenvalue weighted by atomic mass is 19.1. The van der Waals surface area contributed by atoms with Crippen LogP contribution >= 0.6 is 0 Å². The molecule has 2 rings (SSSR count). The van der Waals surface area contributed by atoms with E-state index in [2.05, 4.69) is 27.9 Å². The van der Waals surface area contributed by atoms with Crippen molar-refractivity contribution in [2.24, 2.45) is 10.9 Å². The second-order valence-electron chi connectivity index (χ2n) is 5.22. The minimum atomic E-state index is -0.381. The Kier molecular flexibility index (Phi) is 5.14. The van der Waals surface area contributed by atoms with Crippen LogP contribution in [0.2, 0.25) is 0 Å². The van der Waals surface area contributed by atoms with E-state index in [-0.39, 0.29) is 18.3 Å². The lowest BCUT2D eigenvalue weighted by molar-refractivity contribution is -0.114. The average molecular weight is 292 g/mol. The third-order valence-electron chi connectivity index (χ3n) is 3.26. The summed E-state index contributed by atoms with van der Waals surface area (Å²) in [5.74, 6) is 0.631. The van der Waals surface area contributed by atoms with E-state index in [0.717, 1.165) is 13.0 Å². The number of amides is 1. The van der Waals surface area contributed by atoms with Crippen molar-refractivity contribution in [1.82, 2.24) is 10.6 Å². The first-order chi connectivity index (χ1) is 10.1. The summed E-state index contributed by atoms with van der Waals surface area (Å²) in [5, 5.41) is 8.99. The van der Waals surface area contributed by atoms with Crippen LogP contribution in [0.25, 0.3) is 0 Å². The van der Waals surface area contributed by atoms with Crippen LogP contribution < -0.4 is 16.0 Å². The molecule has 0 aromatic heterocycles. The summed E-state index contributed by atoms with van der Waals surface area (Å²) in [6.45, 7) is 4.86. The number of hydrogen-bond acceptors (Lipinski definition) is 2. The number of carbonyl (C=O) groups excluding carboxylic acids is 1. The Hall–Kier alpha value is -2.11. The highest BCUT2D eigenvalue weighted by molar-refractivity contribution is 5.94. The van der Waals surface area contributed by atoms with E-state index in [1.807, 2.05) is 6.92 Å². The summed E-state index contributed by atoms with van der Waals surface area (Å²) in [7, 11) is 0. The number of rotatable bonds is 5. The molecule has 5 nitrogen and oxygen atoms in total. The first-order valence-corrected chi connectivity index (χ1v) is 7.18. The van der Waals surface area contributed by atoms with Crippen molar-refractivity contribution < 1.29 is 9.18 Å². The van der Waals surface area contributed by atoms with Crippen molar-refractivity contribution in [1.29, 1.82) is 0 Å². The molecule has 3 N–H and O–H groups in total. The molecular formula is C15H21FN4O. The lowest BCUT2D eigenvalue weighted by Crippen LogP contribution is -2.39. The van der Waals surface area contributed by atoms with E-state index in [4.69, 9.17) is 0 Å². The number of aliphatic imine (C=N–C) groups is 1. The Labute approximate surface area is 124 Å². The maximum absolute atomic E-state index is 13.0. The third kappa shape index (κ3) is 5.06. The molecule has 0 spiro atoms. The number of carbonyl (C=O) groups is 1. The Morgan fingerprint density at radius 3 is 2.86 bits per heavy atom. The first-order valence-electron chi connectivity index (χ1n) is 7.18. The topological polar surface area (TPSA) is 65.5 Å². The Morgan fingerprint density at radius 2 is 2.24 bits per heavy atom. The first kappa shape index (κ1) is 15.3. The normalized spacial score (nSPS) is 20.8. The number of benzene rings is 1. The lowest BCUT2D eigenvalue weighted by atomic mass is 10.3. The van der Waals surface area contributed by atoms with Crippen molar-refractivity contribution in [2.45, 2.75) is 26.3 Å². The Morgan fingerprint density at radius 1 is 1.48 bits per heavy atom. The van der Waals surface area contributed by atoms with Gasteiger partial charge in [-0.3, -0.25) is 4.79 Å². The second kappa shape index (κ2) is 7.06. The van der Waals surface area contributed by atoms with Gasteiger partial charge in [0.25, 0.3) is 0 Å². The van der Waals surface area contributed by atoms with Gasteiger partial charge in [-0.2, -0.15) is 0 Å². The van der Waals surface area contributed by atoms with Crippen LogP contribution in [0.3, 0.4) is 0 Å². The fourth-order valence-corrected chi connectivity index (χ4v) is 1.94. The van der Waals surface area contributed by atoms with Crippen LogP contribution in [0.4, 0.5) is 10.1 Å². The summed E-state index contributed by atoms with van der Waals surface area (Å²) in [4.78, 5) is 16.0. The van der Waals surface area contributed by atoms with Gasteiger partial charge >= 0.3 is 0 Å². The van der Waals surface area contributed by atoms with Crippen molar-refractivity contribution >= 4 is 17.6 Å². The molecule has 21 heavy (non-hydrogen) atoms. The molecule has 6 heteroatoms. The molecule has 1 aliphatic rings. The molecule has 0 aliphatic heterocycles. The number of nitrogens with zero attached hydrogens (tertiary/aromatic N) is 1. The minimum Gasteiger partial charge on any atom is -0.357 e. The monoisotopic (exact) mass is 292 g/mol. The summed E-state index contributed by atoms with van der Waals surface area (Å²) >= 11 is 0. The maximum atomic E-state index is 13.0. The molecule has 0 heterocycles. The average Bonchev–Trinajstić information content (AvgIpc) is 3.12. The van der Waals surface area contributed by atoms with E-state index in [9.17, 15) is 9.18 Å². The number of hydrogen-bond donors (Lipinski definition) is 3. The van der Waals surface area contributed by atoms with Gasteiger partial charge < -0.3 is 16.0 Å². The van der Waals surface area contributed by atoms with Gasteiger partial charge in [0.2, 0.25) is 5.91 Å². The van der Waals surface area contributed by atoms with E-state index in [1.165, 1.54) is 12.1 Å². The van der Waals surface area contributed by atoms with Gasteiger partial charge in [0, 0.05) is 18.3 Å². The van der Waals surface area contributed by atoms with Crippen molar-refractivity contribution in [2.75, 3.05) is 18.4 Å². The highest BCUT2D eigenvalue weighted by Crippen LogP contribution is 2.28. The molecule has 1 aliphatic carbocycles. The lowest BCUT2D eigenvalue weighted by Gasteiger charge is -2.10. The zero-order chi connectivity index (χ0) is 15.2. The van der Waals surface area contributed by atoms with Gasteiger partial charge in [0.1, 0.15) is 12.4 Å². The molecule has 2 atom stereocenters. The van der Waals surface area contributed by atoms with Crippen molar-refractivity contribution in [3.63, 3.8) is 0 Å². The SMILES string of the molecule is CCNC(=NCC(=O)Nc1cccc(F)c1)NC1CC1C. The molecule has 2 unspecified atom stereocenters. The van der Waals surface area contributed by atoms with Gasteiger partial charge in [-0.1, -0.05) is 13.0 Å². The van der Waals surface area contributed by atoms with Gasteiger partial charge in [-0.25, -0.2) is 9.38 Å². The Balaban J connectivity index is 1.86. The summed E-state index contributed by atoms with van der Waals surface area (Å²) in [6, 6.07) is 6.23. The smallest absolute Gasteiger partial charge is 0.246 e. The van der Waals surface area contributed by atoms with Crippen molar-refractivity contribution in [3.8, 4) is 0 Å². The molecule has 0 bridgehead atoms. The number of nitrogens with one attached hydrogen (secondary N) is 3. The molecule has 1 fully saturated rings. The van der Waals surface area contributed by atoms with Crippen LogP contribution in [0, 0.1) is 11.7 Å². The predicted octanol–water partition coefficient (Wildman–Crippen LogP) is 1.73. The highest BCUT2D eigenvalue weighted by Gasteiger charge is 2.33. The largest absolute Gasteiger partial charge is 0.357 e. The fraction of sp³-hybridized carbons (Fsp3) is 0.467. The molecule has 1 saturated carbocycles. The molecule has 1 aromatic carbocycles. The number of anilines is 1.